The first-order valence-corrected chi connectivity index (χ1v) is 5.74. The lowest BCUT2D eigenvalue weighted by Crippen LogP contribution is -2.41. The van der Waals surface area contributed by atoms with E-state index in [4.69, 9.17) is 17.3 Å². The molecule has 88 valence electrons. The Kier molecular flexibility index (Phi) is 4.77. The molecule has 0 radical (unpaired) electrons. The van der Waals surface area contributed by atoms with Gasteiger partial charge in [-0.15, -0.1) is 0 Å². The van der Waals surface area contributed by atoms with Gasteiger partial charge in [-0.1, -0.05) is 36.7 Å². The number of hydrogen-bond acceptors (Lipinski definition) is 2. The third-order valence-corrected chi connectivity index (χ3v) is 2.85. The third-order valence-electron chi connectivity index (χ3n) is 2.51. The number of nitrogens with one attached hydrogen (secondary N) is 1. The van der Waals surface area contributed by atoms with Gasteiger partial charge in [0.15, 0.2) is 0 Å². The molecule has 0 unspecified atom stereocenters. The highest BCUT2D eigenvalue weighted by Gasteiger charge is 2.16. The molecule has 0 fully saturated rings. The Hall–Kier alpha value is -1.06. The number of carbonyl (C=O) groups is 1. The molecule has 0 bridgehead atoms. The maximum atomic E-state index is 11.6. The van der Waals surface area contributed by atoms with E-state index in [0.717, 1.165) is 5.56 Å². The average molecular weight is 241 g/mol. The minimum Gasteiger partial charge on any atom is -0.348 e. The van der Waals surface area contributed by atoms with Gasteiger partial charge in [0.1, 0.15) is 0 Å². The fourth-order valence-electron chi connectivity index (χ4n) is 1.41. The molecular weight excluding hydrogens is 224 g/mol. The zero-order valence-electron chi connectivity index (χ0n) is 9.53. The van der Waals surface area contributed by atoms with Crippen molar-refractivity contribution in [3.63, 3.8) is 0 Å². The van der Waals surface area contributed by atoms with Crippen LogP contribution in [0.2, 0.25) is 5.02 Å². The second-order valence-electron chi connectivity index (χ2n) is 3.77. The lowest BCUT2D eigenvalue weighted by atomic mass is 10.1. The fraction of sp³-hybridized carbons (Fsp3) is 0.417. The molecule has 0 aliphatic rings. The number of carbonyl (C=O) groups excluding carboxylic acids is 1. The smallest absolute Gasteiger partial charge is 0.237 e. The van der Waals surface area contributed by atoms with E-state index in [1.165, 1.54) is 0 Å². The first-order chi connectivity index (χ1) is 7.56. The summed E-state index contributed by atoms with van der Waals surface area (Å²) in [4.78, 5) is 11.6. The van der Waals surface area contributed by atoms with E-state index in [1.807, 2.05) is 32.0 Å². The monoisotopic (exact) mass is 240 g/mol. The third kappa shape index (κ3) is 3.22. The summed E-state index contributed by atoms with van der Waals surface area (Å²) < 4.78 is 0. The number of benzene rings is 1. The van der Waals surface area contributed by atoms with Crippen molar-refractivity contribution in [2.75, 3.05) is 0 Å². The molecule has 1 aromatic carbocycles. The maximum Gasteiger partial charge on any atom is 0.237 e. The fourth-order valence-corrected chi connectivity index (χ4v) is 1.71. The number of amides is 1. The van der Waals surface area contributed by atoms with Crippen LogP contribution in [0.5, 0.6) is 0 Å². The summed E-state index contributed by atoms with van der Waals surface area (Å²) in [6, 6.07) is 6.87. The molecule has 3 nitrogen and oxygen atoms in total. The van der Waals surface area contributed by atoms with Gasteiger partial charge in [-0.3, -0.25) is 4.79 Å². The highest BCUT2D eigenvalue weighted by Crippen LogP contribution is 2.21. The second-order valence-corrected chi connectivity index (χ2v) is 4.17. The van der Waals surface area contributed by atoms with Crippen molar-refractivity contribution in [1.29, 1.82) is 0 Å². The second kappa shape index (κ2) is 5.87. The summed E-state index contributed by atoms with van der Waals surface area (Å²) in [5.41, 5.74) is 6.54. The van der Waals surface area contributed by atoms with Crippen molar-refractivity contribution in [3.8, 4) is 0 Å². The minimum atomic E-state index is -0.454. The van der Waals surface area contributed by atoms with Crippen LogP contribution in [0.25, 0.3) is 0 Å². The van der Waals surface area contributed by atoms with Crippen LogP contribution in [-0.4, -0.2) is 11.9 Å². The SMILES string of the molecule is CC[C@@H](N)C(=O)N[C@H](C)c1ccccc1Cl. The summed E-state index contributed by atoms with van der Waals surface area (Å²) in [6.07, 6.45) is 0.626. The molecule has 0 aromatic heterocycles. The van der Waals surface area contributed by atoms with Gasteiger partial charge in [-0.05, 0) is 25.0 Å². The van der Waals surface area contributed by atoms with E-state index < -0.39 is 6.04 Å². The molecule has 1 aromatic rings. The van der Waals surface area contributed by atoms with Crippen LogP contribution in [0.4, 0.5) is 0 Å². The van der Waals surface area contributed by atoms with E-state index in [0.29, 0.717) is 11.4 Å². The number of rotatable bonds is 4. The van der Waals surface area contributed by atoms with Gasteiger partial charge in [0.05, 0.1) is 12.1 Å². The molecule has 3 N–H and O–H groups in total. The Labute approximate surface area is 101 Å². The van der Waals surface area contributed by atoms with Gasteiger partial charge in [0.25, 0.3) is 0 Å². The first kappa shape index (κ1) is 13.0. The molecule has 0 aliphatic carbocycles. The molecule has 0 saturated carbocycles. The molecule has 0 aliphatic heterocycles. The number of hydrogen-bond donors (Lipinski definition) is 2. The van der Waals surface area contributed by atoms with Crippen LogP contribution in [0.1, 0.15) is 31.9 Å². The predicted molar refractivity (Wildman–Crippen MR) is 66.3 cm³/mol. The quantitative estimate of drug-likeness (QED) is 0.848. The van der Waals surface area contributed by atoms with Crippen LogP contribution in [0.3, 0.4) is 0 Å². The molecule has 0 saturated heterocycles. The normalized spacial score (nSPS) is 14.2. The van der Waals surface area contributed by atoms with Crippen molar-refractivity contribution in [1.82, 2.24) is 5.32 Å². The molecular formula is C12H17ClN2O. The summed E-state index contributed by atoms with van der Waals surface area (Å²) in [5, 5.41) is 3.49. The van der Waals surface area contributed by atoms with E-state index >= 15 is 0 Å². The van der Waals surface area contributed by atoms with Gasteiger partial charge in [0, 0.05) is 5.02 Å². The van der Waals surface area contributed by atoms with E-state index in [1.54, 1.807) is 6.07 Å². The number of nitrogens with two attached hydrogens (primary N) is 1. The highest BCUT2D eigenvalue weighted by molar-refractivity contribution is 6.31. The molecule has 1 rings (SSSR count). The average Bonchev–Trinajstić information content (AvgIpc) is 2.28. The number of halogens is 1. The van der Waals surface area contributed by atoms with Gasteiger partial charge in [-0.25, -0.2) is 0 Å². The molecule has 0 spiro atoms. The molecule has 4 heteroatoms. The molecule has 2 atom stereocenters. The van der Waals surface area contributed by atoms with Crippen LogP contribution >= 0.6 is 11.6 Å². The van der Waals surface area contributed by atoms with Crippen molar-refractivity contribution >= 4 is 17.5 Å². The van der Waals surface area contributed by atoms with Gasteiger partial charge < -0.3 is 11.1 Å². The minimum absolute atomic E-state index is 0.126. The Morgan fingerprint density at radius 2 is 2.12 bits per heavy atom. The van der Waals surface area contributed by atoms with Gasteiger partial charge >= 0.3 is 0 Å². The Bertz CT molecular complexity index is 368. The molecule has 0 heterocycles. The van der Waals surface area contributed by atoms with Crippen LogP contribution < -0.4 is 11.1 Å². The van der Waals surface area contributed by atoms with Crippen molar-refractivity contribution in [3.05, 3.63) is 34.9 Å². The van der Waals surface area contributed by atoms with Crippen LogP contribution in [0.15, 0.2) is 24.3 Å². The lowest BCUT2D eigenvalue weighted by molar-refractivity contribution is -0.123. The predicted octanol–water partition coefficient (Wildman–Crippen LogP) is 2.25. The molecule has 1 amide bonds. The summed E-state index contributed by atoms with van der Waals surface area (Å²) in [7, 11) is 0. The zero-order valence-corrected chi connectivity index (χ0v) is 10.3. The largest absolute Gasteiger partial charge is 0.348 e. The van der Waals surface area contributed by atoms with Gasteiger partial charge in [-0.2, -0.15) is 0 Å². The lowest BCUT2D eigenvalue weighted by Gasteiger charge is -2.18. The van der Waals surface area contributed by atoms with E-state index in [2.05, 4.69) is 5.32 Å². The Morgan fingerprint density at radius 3 is 2.69 bits per heavy atom. The van der Waals surface area contributed by atoms with Gasteiger partial charge in [0.2, 0.25) is 5.91 Å². The standard InChI is InChI=1S/C12H17ClN2O/c1-3-11(14)12(16)15-8(2)9-6-4-5-7-10(9)13/h4-8,11H,3,14H2,1-2H3,(H,15,16)/t8-,11-/m1/s1. The van der Waals surface area contributed by atoms with E-state index in [-0.39, 0.29) is 11.9 Å². The summed E-state index contributed by atoms with van der Waals surface area (Å²) in [5.74, 6) is -0.144. The summed E-state index contributed by atoms with van der Waals surface area (Å²) >= 11 is 6.03. The zero-order chi connectivity index (χ0) is 12.1. The van der Waals surface area contributed by atoms with Crippen molar-refractivity contribution in [2.45, 2.75) is 32.4 Å². The highest BCUT2D eigenvalue weighted by atomic mass is 35.5. The van der Waals surface area contributed by atoms with Crippen LogP contribution in [0, 0.1) is 0 Å². The maximum absolute atomic E-state index is 11.6. The van der Waals surface area contributed by atoms with Crippen LogP contribution in [-0.2, 0) is 4.79 Å². The topological polar surface area (TPSA) is 55.1 Å². The first-order valence-electron chi connectivity index (χ1n) is 5.36. The summed E-state index contributed by atoms with van der Waals surface area (Å²) in [6.45, 7) is 3.77. The Balaban J connectivity index is 2.69. The Morgan fingerprint density at radius 1 is 1.50 bits per heavy atom. The van der Waals surface area contributed by atoms with E-state index in [9.17, 15) is 4.79 Å². The van der Waals surface area contributed by atoms with Crippen molar-refractivity contribution in [2.24, 2.45) is 5.73 Å². The van der Waals surface area contributed by atoms with Crippen molar-refractivity contribution < 1.29 is 4.79 Å². The molecule has 16 heavy (non-hydrogen) atoms.